The van der Waals surface area contributed by atoms with E-state index in [0.717, 1.165) is 35.0 Å². The average molecular weight is 216 g/mol. The predicted molar refractivity (Wildman–Crippen MR) is 61.0 cm³/mol. The van der Waals surface area contributed by atoms with Gasteiger partial charge in [0.2, 0.25) is 0 Å². The summed E-state index contributed by atoms with van der Waals surface area (Å²) in [4.78, 5) is 14.0. The minimum Gasteiger partial charge on any atom is -0.353 e. The molecule has 1 aromatic carbocycles. The lowest BCUT2D eigenvalue weighted by Gasteiger charge is -2.15. The van der Waals surface area contributed by atoms with E-state index in [1.54, 1.807) is 0 Å². The Balaban J connectivity index is 2.25. The third kappa shape index (κ3) is 1.23. The molecule has 16 heavy (non-hydrogen) atoms. The normalized spacial score (nSPS) is 19.6. The molecule has 0 saturated heterocycles. The highest BCUT2D eigenvalue weighted by molar-refractivity contribution is 5.85. The number of nitro groups is 1. The Kier molecular flexibility index (Phi) is 1.96. The van der Waals surface area contributed by atoms with Crippen LogP contribution < -0.4 is 0 Å². The summed E-state index contributed by atoms with van der Waals surface area (Å²) in [6, 6.07) is 7.39. The Morgan fingerprint density at radius 1 is 1.38 bits per heavy atom. The molecule has 0 saturated carbocycles. The summed E-state index contributed by atoms with van der Waals surface area (Å²) in [5.74, 6) is 0. The van der Waals surface area contributed by atoms with Crippen LogP contribution in [0.4, 0.5) is 0 Å². The van der Waals surface area contributed by atoms with Crippen LogP contribution in [0.3, 0.4) is 0 Å². The summed E-state index contributed by atoms with van der Waals surface area (Å²) in [5, 5.41) is 12.1. The second-order valence-electron chi connectivity index (χ2n) is 4.26. The topological polar surface area (TPSA) is 58.9 Å². The zero-order valence-corrected chi connectivity index (χ0v) is 8.77. The van der Waals surface area contributed by atoms with Crippen LogP contribution in [0.1, 0.15) is 30.1 Å². The van der Waals surface area contributed by atoms with Crippen LogP contribution in [0.5, 0.6) is 0 Å². The van der Waals surface area contributed by atoms with Crippen molar-refractivity contribution in [1.29, 1.82) is 0 Å². The van der Waals surface area contributed by atoms with Gasteiger partial charge in [-0.15, -0.1) is 0 Å². The molecule has 1 heterocycles. The van der Waals surface area contributed by atoms with Gasteiger partial charge in [0, 0.05) is 22.2 Å². The number of fused-ring (bicyclic) bond motifs is 3. The molecule has 3 rings (SSSR count). The van der Waals surface area contributed by atoms with Gasteiger partial charge < -0.3 is 4.98 Å². The van der Waals surface area contributed by atoms with Crippen molar-refractivity contribution in [3.05, 3.63) is 45.6 Å². The Bertz CT molecular complexity index is 559. The Labute approximate surface area is 92.4 Å². The van der Waals surface area contributed by atoms with Crippen molar-refractivity contribution in [2.24, 2.45) is 0 Å². The number of H-pyrrole nitrogens is 1. The first kappa shape index (κ1) is 9.39. The maximum absolute atomic E-state index is 11.0. The molecule has 1 aliphatic carbocycles. The molecule has 4 nitrogen and oxygen atoms in total. The molecule has 0 spiro atoms. The monoisotopic (exact) mass is 216 g/mol. The maximum Gasteiger partial charge on any atom is 0.252 e. The van der Waals surface area contributed by atoms with E-state index in [1.807, 2.05) is 24.3 Å². The summed E-state index contributed by atoms with van der Waals surface area (Å²) in [6.07, 6.45) is 2.50. The maximum atomic E-state index is 11.0. The van der Waals surface area contributed by atoms with Gasteiger partial charge in [0.15, 0.2) is 0 Å². The van der Waals surface area contributed by atoms with E-state index in [9.17, 15) is 10.1 Å². The molecule has 1 aromatic heterocycles. The number of hydrogen-bond donors (Lipinski definition) is 1. The van der Waals surface area contributed by atoms with Crippen LogP contribution in [-0.4, -0.2) is 9.91 Å². The molecule has 1 atom stereocenters. The highest BCUT2D eigenvalue weighted by Crippen LogP contribution is 2.35. The van der Waals surface area contributed by atoms with Crippen molar-refractivity contribution < 1.29 is 4.92 Å². The fraction of sp³-hybridized carbons (Fsp3) is 0.333. The van der Waals surface area contributed by atoms with Crippen LogP contribution >= 0.6 is 0 Å². The zero-order chi connectivity index (χ0) is 11.1. The second kappa shape index (κ2) is 3.33. The number of aromatic amines is 1. The molecule has 1 aliphatic rings. The van der Waals surface area contributed by atoms with Crippen molar-refractivity contribution in [2.45, 2.75) is 25.3 Å². The van der Waals surface area contributed by atoms with E-state index in [0.29, 0.717) is 6.42 Å². The molecule has 1 N–H and O–H groups in total. The molecule has 4 heteroatoms. The summed E-state index contributed by atoms with van der Waals surface area (Å²) in [7, 11) is 0. The summed E-state index contributed by atoms with van der Waals surface area (Å²) >= 11 is 0. The molecule has 0 fully saturated rings. The number of aromatic nitrogens is 1. The number of benzene rings is 1. The zero-order valence-electron chi connectivity index (χ0n) is 8.77. The molecule has 0 aliphatic heterocycles. The Morgan fingerprint density at radius 3 is 3.00 bits per heavy atom. The highest BCUT2D eigenvalue weighted by Gasteiger charge is 2.31. The lowest BCUT2D eigenvalue weighted by molar-refractivity contribution is -0.531. The molecule has 2 aromatic rings. The molecule has 82 valence electrons. The van der Waals surface area contributed by atoms with Crippen molar-refractivity contribution in [2.75, 3.05) is 0 Å². The number of rotatable bonds is 1. The van der Waals surface area contributed by atoms with Crippen LogP contribution in [0.15, 0.2) is 24.3 Å². The number of aryl methyl sites for hydroxylation is 1. The van der Waals surface area contributed by atoms with E-state index in [-0.39, 0.29) is 4.92 Å². The van der Waals surface area contributed by atoms with Gasteiger partial charge >= 0.3 is 0 Å². The summed E-state index contributed by atoms with van der Waals surface area (Å²) in [6.45, 7) is 0. The van der Waals surface area contributed by atoms with E-state index in [4.69, 9.17) is 0 Å². The molecule has 1 unspecified atom stereocenters. The Morgan fingerprint density at radius 2 is 2.19 bits per heavy atom. The second-order valence-corrected chi connectivity index (χ2v) is 4.26. The third-order valence-electron chi connectivity index (χ3n) is 3.34. The smallest absolute Gasteiger partial charge is 0.252 e. The SMILES string of the molecule is O=[N+]([O-])C1CCCc2c1[nH]c1ccccc21. The molecular weight excluding hydrogens is 204 g/mol. The van der Waals surface area contributed by atoms with Crippen molar-refractivity contribution in [3.63, 3.8) is 0 Å². The minimum atomic E-state index is -0.545. The van der Waals surface area contributed by atoms with Gasteiger partial charge in [-0.05, 0) is 24.5 Å². The first-order chi connectivity index (χ1) is 7.77. The van der Waals surface area contributed by atoms with E-state index < -0.39 is 6.04 Å². The Hall–Kier alpha value is -1.84. The predicted octanol–water partition coefficient (Wildman–Crippen LogP) is 2.82. The fourth-order valence-corrected chi connectivity index (χ4v) is 2.60. The van der Waals surface area contributed by atoms with Crippen LogP contribution in [0.2, 0.25) is 0 Å². The van der Waals surface area contributed by atoms with Crippen LogP contribution in [-0.2, 0) is 6.42 Å². The third-order valence-corrected chi connectivity index (χ3v) is 3.34. The quantitative estimate of drug-likeness (QED) is 0.588. The lowest BCUT2D eigenvalue weighted by Crippen LogP contribution is -2.16. The fourth-order valence-electron chi connectivity index (χ4n) is 2.60. The van der Waals surface area contributed by atoms with Gasteiger partial charge in [0.1, 0.15) is 0 Å². The highest BCUT2D eigenvalue weighted by atomic mass is 16.6. The number of nitrogens with one attached hydrogen (secondary N) is 1. The molecule has 0 radical (unpaired) electrons. The van der Waals surface area contributed by atoms with E-state index in [1.165, 1.54) is 0 Å². The number of nitrogens with zero attached hydrogens (tertiary/aromatic N) is 1. The van der Waals surface area contributed by atoms with Gasteiger partial charge in [-0.3, -0.25) is 10.1 Å². The molecule has 0 amide bonds. The summed E-state index contributed by atoms with van der Waals surface area (Å²) in [5.41, 5.74) is 2.97. The van der Waals surface area contributed by atoms with E-state index >= 15 is 0 Å². The molecule has 0 bridgehead atoms. The van der Waals surface area contributed by atoms with Crippen molar-refractivity contribution >= 4 is 10.9 Å². The number of hydrogen-bond acceptors (Lipinski definition) is 2. The van der Waals surface area contributed by atoms with Gasteiger partial charge in [-0.2, -0.15) is 0 Å². The minimum absolute atomic E-state index is 0.173. The van der Waals surface area contributed by atoms with Crippen molar-refractivity contribution in [3.8, 4) is 0 Å². The van der Waals surface area contributed by atoms with E-state index in [2.05, 4.69) is 4.98 Å². The largest absolute Gasteiger partial charge is 0.353 e. The summed E-state index contributed by atoms with van der Waals surface area (Å²) < 4.78 is 0. The first-order valence-electron chi connectivity index (χ1n) is 5.50. The number of para-hydroxylation sites is 1. The van der Waals surface area contributed by atoms with Crippen molar-refractivity contribution in [1.82, 2.24) is 4.98 Å². The molecular formula is C12H12N2O2. The van der Waals surface area contributed by atoms with Gasteiger partial charge in [-0.1, -0.05) is 18.2 Å². The van der Waals surface area contributed by atoms with Crippen LogP contribution in [0, 0.1) is 10.1 Å². The lowest BCUT2D eigenvalue weighted by atomic mass is 9.92. The first-order valence-corrected chi connectivity index (χ1v) is 5.50. The van der Waals surface area contributed by atoms with Gasteiger partial charge in [0.05, 0.1) is 5.69 Å². The van der Waals surface area contributed by atoms with Gasteiger partial charge in [-0.25, -0.2) is 0 Å². The van der Waals surface area contributed by atoms with Crippen LogP contribution in [0.25, 0.3) is 10.9 Å². The average Bonchev–Trinajstić information content (AvgIpc) is 2.67. The van der Waals surface area contributed by atoms with Gasteiger partial charge in [0.25, 0.3) is 6.04 Å². The standard InChI is InChI=1S/C12H12N2O2/c15-14(16)11-7-3-5-9-8-4-1-2-6-10(8)13-12(9)11/h1-2,4,6,11,13H,3,5,7H2.